The van der Waals surface area contributed by atoms with Gasteiger partial charge in [0.05, 0.1) is 5.92 Å². The molecule has 1 N–H and O–H groups in total. The highest BCUT2D eigenvalue weighted by Gasteiger charge is 2.27. The molecule has 0 radical (unpaired) electrons. The van der Waals surface area contributed by atoms with Gasteiger partial charge in [-0.2, -0.15) is 0 Å². The highest BCUT2D eigenvalue weighted by Crippen LogP contribution is 2.32. The van der Waals surface area contributed by atoms with Crippen LogP contribution in [-0.2, 0) is 14.3 Å². The van der Waals surface area contributed by atoms with Crippen molar-refractivity contribution >= 4 is 23.3 Å². The predicted molar refractivity (Wildman–Crippen MR) is 95.3 cm³/mol. The molecule has 0 fully saturated rings. The first kappa shape index (κ1) is 18.6. The van der Waals surface area contributed by atoms with Gasteiger partial charge < -0.3 is 14.8 Å². The molecule has 7 heteroatoms. The molecule has 1 heterocycles. The number of benzene rings is 2. The van der Waals surface area contributed by atoms with Crippen LogP contribution in [0, 0.1) is 5.82 Å². The summed E-state index contributed by atoms with van der Waals surface area (Å²) in [7, 11) is 0. The summed E-state index contributed by atoms with van der Waals surface area (Å²) in [5, 5.41) is 2.73. The largest absolute Gasteiger partial charge is 0.479 e. The van der Waals surface area contributed by atoms with Crippen molar-refractivity contribution in [2.45, 2.75) is 25.9 Å². The van der Waals surface area contributed by atoms with Crippen molar-refractivity contribution in [1.29, 1.82) is 0 Å². The molecule has 0 saturated carbocycles. The van der Waals surface area contributed by atoms with Crippen LogP contribution >= 0.6 is 0 Å². The van der Waals surface area contributed by atoms with Crippen LogP contribution < -0.4 is 10.1 Å². The molecule has 140 valence electrons. The minimum atomic E-state index is -0.954. The molecule has 2 aromatic rings. The Morgan fingerprint density at radius 1 is 1.19 bits per heavy atom. The number of amides is 1. The van der Waals surface area contributed by atoms with E-state index in [1.165, 1.54) is 31.2 Å². The summed E-state index contributed by atoms with van der Waals surface area (Å²) < 4.78 is 23.2. The summed E-state index contributed by atoms with van der Waals surface area (Å²) in [4.78, 5) is 36.0. The molecule has 0 bridgehead atoms. The molecule has 2 atom stereocenters. The van der Waals surface area contributed by atoms with Crippen LogP contribution in [0.2, 0.25) is 0 Å². The molecule has 0 aliphatic carbocycles. The van der Waals surface area contributed by atoms with Gasteiger partial charge in [-0.3, -0.25) is 9.59 Å². The molecule has 0 aromatic heterocycles. The summed E-state index contributed by atoms with van der Waals surface area (Å²) in [5.41, 5.74) is 1.78. The number of rotatable bonds is 6. The molecule has 6 nitrogen and oxygen atoms in total. The molecule has 1 aliphatic rings. The Morgan fingerprint density at radius 3 is 2.59 bits per heavy atom. The van der Waals surface area contributed by atoms with Crippen molar-refractivity contribution in [3.8, 4) is 5.75 Å². The van der Waals surface area contributed by atoms with Gasteiger partial charge in [-0.1, -0.05) is 0 Å². The average Bonchev–Trinajstić information content (AvgIpc) is 2.94. The first-order valence-electron chi connectivity index (χ1n) is 8.42. The number of ketones is 1. The lowest BCUT2D eigenvalue weighted by molar-refractivity contribution is -0.149. The number of carbonyl (C=O) groups excluding carboxylic acids is 3. The zero-order valence-electron chi connectivity index (χ0n) is 14.8. The lowest BCUT2D eigenvalue weighted by atomic mass is 9.99. The highest BCUT2D eigenvalue weighted by atomic mass is 19.1. The van der Waals surface area contributed by atoms with Crippen molar-refractivity contribution in [3.05, 3.63) is 59.4 Å². The Hall–Kier alpha value is -3.22. The summed E-state index contributed by atoms with van der Waals surface area (Å²) in [6.07, 6.45) is -0.954. The SMILES string of the molecule is C[C@H](Oc1ccc(F)cc1)C(=O)OCC(=O)c1ccc2c(c1)[C@@H](C)C(=O)N2. The molecule has 0 unspecified atom stereocenters. The number of hydrogen-bond donors (Lipinski definition) is 1. The summed E-state index contributed by atoms with van der Waals surface area (Å²) in [6, 6.07) is 10.1. The fraction of sp³-hybridized carbons (Fsp3) is 0.250. The second kappa shape index (κ2) is 7.57. The second-order valence-corrected chi connectivity index (χ2v) is 6.26. The maximum Gasteiger partial charge on any atom is 0.347 e. The number of hydrogen-bond acceptors (Lipinski definition) is 5. The summed E-state index contributed by atoms with van der Waals surface area (Å²) in [6.45, 7) is 2.79. The van der Waals surface area contributed by atoms with E-state index in [9.17, 15) is 18.8 Å². The van der Waals surface area contributed by atoms with Gasteiger partial charge in [0.15, 0.2) is 18.5 Å². The monoisotopic (exact) mass is 371 g/mol. The number of carbonyl (C=O) groups is 3. The third-order valence-corrected chi connectivity index (χ3v) is 4.30. The number of esters is 1. The molecule has 0 saturated heterocycles. The molecular weight excluding hydrogens is 353 g/mol. The Balaban J connectivity index is 1.56. The van der Waals surface area contributed by atoms with Crippen LogP contribution in [-0.4, -0.2) is 30.4 Å². The molecule has 27 heavy (non-hydrogen) atoms. The third-order valence-electron chi connectivity index (χ3n) is 4.30. The smallest absolute Gasteiger partial charge is 0.347 e. The average molecular weight is 371 g/mol. The van der Waals surface area contributed by atoms with Crippen LogP contribution in [0.25, 0.3) is 0 Å². The second-order valence-electron chi connectivity index (χ2n) is 6.26. The van der Waals surface area contributed by atoms with Crippen molar-refractivity contribution in [1.82, 2.24) is 0 Å². The molecule has 1 aliphatic heterocycles. The van der Waals surface area contributed by atoms with Crippen LogP contribution in [0.4, 0.5) is 10.1 Å². The number of anilines is 1. The van der Waals surface area contributed by atoms with Crippen molar-refractivity contribution in [3.63, 3.8) is 0 Å². The Labute approximate surface area is 155 Å². The fourth-order valence-corrected chi connectivity index (χ4v) is 2.69. The van der Waals surface area contributed by atoms with E-state index >= 15 is 0 Å². The number of fused-ring (bicyclic) bond motifs is 1. The minimum absolute atomic E-state index is 0.118. The maximum absolute atomic E-state index is 12.9. The standard InChI is InChI=1S/C20H18FNO5/c1-11-16-9-13(3-8-17(16)22-19(11)24)18(23)10-26-20(25)12(2)27-15-6-4-14(21)5-7-15/h3-9,11-12H,10H2,1-2H3,(H,22,24)/t11-,12+/m1/s1. The number of ether oxygens (including phenoxy) is 2. The van der Waals surface area contributed by atoms with Crippen LogP contribution in [0.15, 0.2) is 42.5 Å². The van der Waals surface area contributed by atoms with Gasteiger partial charge in [-0.05, 0) is 61.9 Å². The van der Waals surface area contributed by atoms with Gasteiger partial charge >= 0.3 is 5.97 Å². The lowest BCUT2D eigenvalue weighted by Crippen LogP contribution is -2.28. The van der Waals surface area contributed by atoms with E-state index in [0.717, 1.165) is 5.56 Å². The summed E-state index contributed by atoms with van der Waals surface area (Å²) in [5.74, 6) is -1.64. The highest BCUT2D eigenvalue weighted by molar-refractivity contribution is 6.05. The van der Waals surface area contributed by atoms with Gasteiger partial charge in [-0.25, -0.2) is 9.18 Å². The number of Topliss-reactive ketones (excluding diaryl/α,β-unsaturated/α-hetero) is 1. The van der Waals surface area contributed by atoms with Gasteiger partial charge in [0, 0.05) is 11.3 Å². The number of halogens is 1. The molecule has 0 spiro atoms. The Bertz CT molecular complexity index is 894. The summed E-state index contributed by atoms with van der Waals surface area (Å²) >= 11 is 0. The van der Waals surface area contributed by atoms with Crippen LogP contribution in [0.1, 0.15) is 35.7 Å². The zero-order valence-corrected chi connectivity index (χ0v) is 14.8. The lowest BCUT2D eigenvalue weighted by Gasteiger charge is -2.14. The normalized spacial score (nSPS) is 16.3. The first-order valence-corrected chi connectivity index (χ1v) is 8.42. The maximum atomic E-state index is 12.9. The predicted octanol–water partition coefficient (Wildman–Crippen LogP) is 3.07. The van der Waals surface area contributed by atoms with Gasteiger partial charge in [0.1, 0.15) is 11.6 Å². The Morgan fingerprint density at radius 2 is 1.89 bits per heavy atom. The van der Waals surface area contributed by atoms with Crippen molar-refractivity contribution < 1.29 is 28.2 Å². The molecule has 2 aromatic carbocycles. The van der Waals surface area contributed by atoms with Crippen LogP contribution in [0.5, 0.6) is 5.75 Å². The van der Waals surface area contributed by atoms with E-state index in [-0.39, 0.29) is 17.6 Å². The minimum Gasteiger partial charge on any atom is -0.479 e. The molecular formula is C20H18FNO5. The van der Waals surface area contributed by atoms with Crippen LogP contribution in [0.3, 0.4) is 0 Å². The van der Waals surface area contributed by atoms with Gasteiger partial charge in [0.25, 0.3) is 0 Å². The molecule has 3 rings (SSSR count). The number of nitrogens with one attached hydrogen (secondary N) is 1. The first-order chi connectivity index (χ1) is 12.8. The van der Waals surface area contributed by atoms with E-state index < -0.39 is 24.5 Å². The van der Waals surface area contributed by atoms with E-state index in [4.69, 9.17) is 9.47 Å². The molecule has 1 amide bonds. The van der Waals surface area contributed by atoms with Gasteiger partial charge in [0.2, 0.25) is 5.91 Å². The van der Waals surface area contributed by atoms with Crippen molar-refractivity contribution in [2.24, 2.45) is 0 Å². The quantitative estimate of drug-likeness (QED) is 0.623. The van der Waals surface area contributed by atoms with E-state index in [2.05, 4.69) is 5.32 Å². The Kier molecular flexibility index (Phi) is 5.21. The van der Waals surface area contributed by atoms with Gasteiger partial charge in [-0.15, -0.1) is 0 Å². The van der Waals surface area contributed by atoms with Crippen molar-refractivity contribution in [2.75, 3.05) is 11.9 Å². The van der Waals surface area contributed by atoms with E-state index in [1.807, 2.05) is 0 Å². The zero-order chi connectivity index (χ0) is 19.6. The van der Waals surface area contributed by atoms with E-state index in [0.29, 0.717) is 17.0 Å². The fourth-order valence-electron chi connectivity index (χ4n) is 2.69. The topological polar surface area (TPSA) is 81.7 Å². The third kappa shape index (κ3) is 4.13. The van der Waals surface area contributed by atoms with E-state index in [1.54, 1.807) is 25.1 Å².